The molecule has 0 aliphatic heterocycles. The summed E-state index contributed by atoms with van der Waals surface area (Å²) in [4.78, 5) is 6.22. The molecule has 0 aromatic carbocycles. The molecule has 18 heavy (non-hydrogen) atoms. The molecule has 4 N–H and O–H groups in total. The highest BCUT2D eigenvalue weighted by molar-refractivity contribution is 5.94. The van der Waals surface area contributed by atoms with Gasteiger partial charge in [-0.05, 0) is 32.0 Å². The van der Waals surface area contributed by atoms with Crippen molar-refractivity contribution in [3.05, 3.63) is 29.6 Å². The SMILES string of the molecule is CCN(Cc1cccnc1C(=N)N)CC(C)(C)O. The van der Waals surface area contributed by atoms with Gasteiger partial charge in [-0.3, -0.25) is 15.3 Å². The van der Waals surface area contributed by atoms with E-state index in [9.17, 15) is 5.11 Å². The van der Waals surface area contributed by atoms with E-state index in [1.165, 1.54) is 0 Å². The number of hydrogen-bond donors (Lipinski definition) is 3. The predicted octanol–water partition coefficient (Wildman–Crippen LogP) is 0.958. The summed E-state index contributed by atoms with van der Waals surface area (Å²) in [5.74, 6) is -0.0232. The van der Waals surface area contributed by atoms with Gasteiger partial charge in [0.05, 0.1) is 5.60 Å². The summed E-state index contributed by atoms with van der Waals surface area (Å²) in [5.41, 5.74) is 6.20. The fourth-order valence-corrected chi connectivity index (χ4v) is 1.88. The zero-order valence-electron chi connectivity index (χ0n) is 11.3. The maximum Gasteiger partial charge on any atom is 0.142 e. The van der Waals surface area contributed by atoms with Crippen LogP contribution in [0.1, 0.15) is 32.0 Å². The van der Waals surface area contributed by atoms with Gasteiger partial charge >= 0.3 is 0 Å². The lowest BCUT2D eigenvalue weighted by atomic mass is 10.1. The molecule has 0 unspecified atom stereocenters. The van der Waals surface area contributed by atoms with Crippen molar-refractivity contribution in [1.29, 1.82) is 5.41 Å². The molecule has 0 amide bonds. The van der Waals surface area contributed by atoms with Gasteiger partial charge in [0.2, 0.25) is 0 Å². The van der Waals surface area contributed by atoms with Gasteiger partial charge in [0.25, 0.3) is 0 Å². The molecular formula is C13H22N4O. The third-order valence-electron chi connectivity index (χ3n) is 2.60. The monoisotopic (exact) mass is 250 g/mol. The first-order chi connectivity index (χ1) is 8.33. The molecule has 0 bridgehead atoms. The minimum absolute atomic E-state index is 0.0232. The highest BCUT2D eigenvalue weighted by atomic mass is 16.3. The molecule has 1 heterocycles. The first-order valence-electron chi connectivity index (χ1n) is 6.06. The fourth-order valence-electron chi connectivity index (χ4n) is 1.88. The van der Waals surface area contributed by atoms with Crippen molar-refractivity contribution in [2.45, 2.75) is 32.9 Å². The number of pyridine rings is 1. The third-order valence-corrected chi connectivity index (χ3v) is 2.60. The zero-order valence-corrected chi connectivity index (χ0v) is 11.3. The van der Waals surface area contributed by atoms with Crippen molar-refractivity contribution in [1.82, 2.24) is 9.88 Å². The highest BCUT2D eigenvalue weighted by Gasteiger charge is 2.18. The van der Waals surface area contributed by atoms with E-state index in [0.29, 0.717) is 18.8 Å². The molecule has 0 radical (unpaired) electrons. The van der Waals surface area contributed by atoms with Gasteiger partial charge in [-0.1, -0.05) is 13.0 Å². The summed E-state index contributed by atoms with van der Waals surface area (Å²) < 4.78 is 0. The standard InChI is InChI=1S/C13H22N4O/c1-4-17(9-13(2,3)18)8-10-6-5-7-16-11(10)12(14)15/h5-7,18H,4,8-9H2,1-3H3,(H3,14,15). The van der Waals surface area contributed by atoms with E-state index in [1.807, 2.05) is 19.1 Å². The Bertz CT molecular complexity index is 412. The van der Waals surface area contributed by atoms with Gasteiger partial charge in [0.1, 0.15) is 11.5 Å². The molecule has 0 atom stereocenters. The van der Waals surface area contributed by atoms with Crippen molar-refractivity contribution in [2.75, 3.05) is 13.1 Å². The topological polar surface area (TPSA) is 86.2 Å². The van der Waals surface area contributed by atoms with Crippen LogP contribution in [0.4, 0.5) is 0 Å². The van der Waals surface area contributed by atoms with Crippen LogP contribution in [0.5, 0.6) is 0 Å². The number of rotatable bonds is 6. The highest BCUT2D eigenvalue weighted by Crippen LogP contribution is 2.12. The molecule has 1 aromatic heterocycles. The van der Waals surface area contributed by atoms with Gasteiger partial charge < -0.3 is 10.8 Å². The lowest BCUT2D eigenvalue weighted by Gasteiger charge is -2.28. The number of nitrogens with one attached hydrogen (secondary N) is 1. The molecule has 5 nitrogen and oxygen atoms in total. The zero-order chi connectivity index (χ0) is 13.8. The number of likely N-dealkylation sites (N-methyl/N-ethyl adjacent to an activating group) is 1. The Morgan fingerprint density at radius 3 is 2.72 bits per heavy atom. The van der Waals surface area contributed by atoms with Crippen LogP contribution in [0.3, 0.4) is 0 Å². The van der Waals surface area contributed by atoms with Crippen molar-refractivity contribution in [3.63, 3.8) is 0 Å². The third kappa shape index (κ3) is 4.43. The fraction of sp³-hybridized carbons (Fsp3) is 0.538. The van der Waals surface area contributed by atoms with E-state index in [2.05, 4.69) is 9.88 Å². The molecule has 0 aliphatic rings. The molecule has 5 heteroatoms. The average Bonchev–Trinajstić information content (AvgIpc) is 2.26. The Morgan fingerprint density at radius 2 is 2.22 bits per heavy atom. The van der Waals surface area contributed by atoms with Crippen LogP contribution in [0, 0.1) is 5.41 Å². The minimum Gasteiger partial charge on any atom is -0.389 e. The van der Waals surface area contributed by atoms with E-state index in [0.717, 1.165) is 12.1 Å². The van der Waals surface area contributed by atoms with Crippen LogP contribution in [0.15, 0.2) is 18.3 Å². The van der Waals surface area contributed by atoms with Gasteiger partial charge in [0.15, 0.2) is 0 Å². The number of hydrogen-bond acceptors (Lipinski definition) is 4. The Morgan fingerprint density at radius 1 is 1.56 bits per heavy atom. The van der Waals surface area contributed by atoms with Gasteiger partial charge in [0, 0.05) is 19.3 Å². The summed E-state index contributed by atoms with van der Waals surface area (Å²) in [6.07, 6.45) is 1.63. The smallest absolute Gasteiger partial charge is 0.142 e. The maximum atomic E-state index is 9.85. The van der Waals surface area contributed by atoms with Crippen LogP contribution in [-0.4, -0.2) is 39.5 Å². The van der Waals surface area contributed by atoms with Crippen LogP contribution >= 0.6 is 0 Å². The number of nitrogens with two attached hydrogens (primary N) is 1. The molecule has 100 valence electrons. The molecule has 0 saturated carbocycles. The maximum absolute atomic E-state index is 9.85. The van der Waals surface area contributed by atoms with Crippen LogP contribution in [-0.2, 0) is 6.54 Å². The molecule has 0 fully saturated rings. The van der Waals surface area contributed by atoms with E-state index in [4.69, 9.17) is 11.1 Å². The first-order valence-corrected chi connectivity index (χ1v) is 6.06. The van der Waals surface area contributed by atoms with Gasteiger partial charge in [-0.25, -0.2) is 0 Å². The van der Waals surface area contributed by atoms with Crippen LogP contribution in [0.2, 0.25) is 0 Å². The summed E-state index contributed by atoms with van der Waals surface area (Å²) in [7, 11) is 0. The van der Waals surface area contributed by atoms with Crippen molar-refractivity contribution in [3.8, 4) is 0 Å². The van der Waals surface area contributed by atoms with E-state index < -0.39 is 5.60 Å². The summed E-state index contributed by atoms with van der Waals surface area (Å²) in [5, 5.41) is 17.4. The number of aliphatic hydroxyl groups is 1. The summed E-state index contributed by atoms with van der Waals surface area (Å²) in [6.45, 7) is 7.61. The molecule has 0 aliphatic carbocycles. The number of nitrogens with zero attached hydrogens (tertiary/aromatic N) is 2. The number of nitrogen functional groups attached to an aromatic ring is 1. The Balaban J connectivity index is 2.85. The molecule has 0 saturated heterocycles. The van der Waals surface area contributed by atoms with Crippen molar-refractivity contribution < 1.29 is 5.11 Å². The lowest BCUT2D eigenvalue weighted by molar-refractivity contribution is 0.0353. The molecular weight excluding hydrogens is 228 g/mol. The second kappa shape index (κ2) is 5.93. The summed E-state index contributed by atoms with van der Waals surface area (Å²) >= 11 is 0. The van der Waals surface area contributed by atoms with Gasteiger partial charge in [-0.15, -0.1) is 0 Å². The van der Waals surface area contributed by atoms with Crippen LogP contribution in [0.25, 0.3) is 0 Å². The Hall–Kier alpha value is -1.46. The average molecular weight is 250 g/mol. The molecule has 0 spiro atoms. The normalized spacial score (nSPS) is 11.8. The minimum atomic E-state index is -0.741. The largest absolute Gasteiger partial charge is 0.389 e. The first kappa shape index (κ1) is 14.6. The van der Waals surface area contributed by atoms with Gasteiger partial charge in [-0.2, -0.15) is 0 Å². The molecule has 1 aromatic rings. The number of aromatic nitrogens is 1. The predicted molar refractivity (Wildman–Crippen MR) is 72.5 cm³/mol. The second-order valence-electron chi connectivity index (χ2n) is 5.04. The number of amidine groups is 1. The van der Waals surface area contributed by atoms with E-state index >= 15 is 0 Å². The quantitative estimate of drug-likeness (QED) is 0.518. The van der Waals surface area contributed by atoms with Crippen molar-refractivity contribution in [2.24, 2.45) is 5.73 Å². The van der Waals surface area contributed by atoms with E-state index in [-0.39, 0.29) is 5.84 Å². The van der Waals surface area contributed by atoms with E-state index in [1.54, 1.807) is 20.0 Å². The van der Waals surface area contributed by atoms with Crippen LogP contribution < -0.4 is 5.73 Å². The summed E-state index contributed by atoms with van der Waals surface area (Å²) in [6, 6.07) is 3.75. The molecule has 1 rings (SSSR count). The van der Waals surface area contributed by atoms with Crippen molar-refractivity contribution >= 4 is 5.84 Å². The lowest BCUT2D eigenvalue weighted by Crippen LogP contribution is -2.38. The second-order valence-corrected chi connectivity index (χ2v) is 5.04. The Kier molecular flexibility index (Phi) is 4.81. The Labute approximate surface area is 108 Å².